The lowest BCUT2D eigenvalue weighted by Gasteiger charge is -2.24. The van der Waals surface area contributed by atoms with Gasteiger partial charge in [0.25, 0.3) is 0 Å². The highest BCUT2D eigenvalue weighted by atomic mass is 127. The maximum Gasteiger partial charge on any atom is 0.152 e. The highest BCUT2D eigenvalue weighted by molar-refractivity contribution is 14.1. The molecule has 0 saturated carbocycles. The first kappa shape index (κ1) is 22.5. The van der Waals surface area contributed by atoms with Crippen molar-refractivity contribution in [2.45, 2.75) is 12.6 Å². The number of nitrogens with one attached hydrogen (secondary N) is 1. The number of aliphatic imine (C=N–C) groups is 2. The molecule has 1 aliphatic heterocycles. The molecular formula is C26H24IN3O. The van der Waals surface area contributed by atoms with Gasteiger partial charge in [0.05, 0.1) is 16.2 Å². The minimum absolute atomic E-state index is 0.163. The standard InChI is InChI=1S/C26H24IN3O/c1-3-4-5-6-9-19-13-15-20(16-14-19)18-30-26(28-2)22-11-8-17-29-25(22)21-10-7-12-23(31)24(21)27/h3-17,25,29,31H,1-2,18H2/b5-4-,9-6+,30-26-. The van der Waals surface area contributed by atoms with Gasteiger partial charge >= 0.3 is 0 Å². The summed E-state index contributed by atoms with van der Waals surface area (Å²) in [6.07, 6.45) is 15.4. The van der Waals surface area contributed by atoms with Crippen molar-refractivity contribution < 1.29 is 5.11 Å². The Labute approximate surface area is 197 Å². The van der Waals surface area contributed by atoms with E-state index >= 15 is 0 Å². The van der Waals surface area contributed by atoms with Crippen LogP contribution in [0, 0.1) is 3.57 Å². The molecular weight excluding hydrogens is 497 g/mol. The van der Waals surface area contributed by atoms with E-state index in [9.17, 15) is 5.11 Å². The molecule has 0 aromatic heterocycles. The summed E-state index contributed by atoms with van der Waals surface area (Å²) in [5.74, 6) is 0.840. The minimum Gasteiger partial charge on any atom is -0.507 e. The van der Waals surface area contributed by atoms with Crippen molar-refractivity contribution in [3.8, 4) is 5.75 Å². The van der Waals surface area contributed by atoms with Gasteiger partial charge in [0.1, 0.15) is 5.75 Å². The van der Waals surface area contributed by atoms with Crippen molar-refractivity contribution >= 4 is 41.2 Å². The van der Waals surface area contributed by atoms with E-state index in [4.69, 9.17) is 4.99 Å². The SMILES string of the molecule is C=C/C=C\C=C\c1ccc(C/N=C(\N=C)C2=CC=CNC2c2cccc(O)c2I)cc1. The molecule has 156 valence electrons. The average molecular weight is 521 g/mol. The second kappa shape index (κ2) is 11.3. The Hall–Kier alpha value is -3.19. The van der Waals surface area contributed by atoms with Crippen LogP contribution in [0.5, 0.6) is 5.75 Å². The molecule has 31 heavy (non-hydrogen) atoms. The van der Waals surface area contributed by atoms with Crippen LogP contribution >= 0.6 is 22.6 Å². The van der Waals surface area contributed by atoms with E-state index in [1.165, 1.54) is 0 Å². The van der Waals surface area contributed by atoms with Gasteiger partial charge in [-0.1, -0.05) is 79.4 Å². The van der Waals surface area contributed by atoms with Crippen LogP contribution in [-0.4, -0.2) is 17.7 Å². The Balaban J connectivity index is 1.79. The fourth-order valence-electron chi connectivity index (χ4n) is 3.15. The largest absolute Gasteiger partial charge is 0.507 e. The van der Waals surface area contributed by atoms with E-state index in [0.29, 0.717) is 12.4 Å². The van der Waals surface area contributed by atoms with Gasteiger partial charge in [0.15, 0.2) is 5.84 Å². The average Bonchev–Trinajstić information content (AvgIpc) is 2.80. The first-order chi connectivity index (χ1) is 15.1. The summed E-state index contributed by atoms with van der Waals surface area (Å²) < 4.78 is 0.800. The van der Waals surface area contributed by atoms with Crippen LogP contribution in [0.2, 0.25) is 0 Å². The molecule has 1 heterocycles. The molecule has 0 saturated heterocycles. The lowest BCUT2D eigenvalue weighted by Crippen LogP contribution is -2.25. The van der Waals surface area contributed by atoms with Crippen LogP contribution in [0.25, 0.3) is 6.08 Å². The predicted octanol–water partition coefficient (Wildman–Crippen LogP) is 6.14. The van der Waals surface area contributed by atoms with Crippen LogP contribution in [0.4, 0.5) is 0 Å². The third-order valence-electron chi connectivity index (χ3n) is 4.71. The summed E-state index contributed by atoms with van der Waals surface area (Å²) in [5, 5.41) is 13.5. The fourth-order valence-corrected chi connectivity index (χ4v) is 3.82. The predicted molar refractivity (Wildman–Crippen MR) is 139 cm³/mol. The molecule has 0 aliphatic carbocycles. The Morgan fingerprint density at radius 3 is 2.68 bits per heavy atom. The Morgan fingerprint density at radius 1 is 1.13 bits per heavy atom. The first-order valence-electron chi connectivity index (χ1n) is 9.80. The smallest absolute Gasteiger partial charge is 0.152 e. The van der Waals surface area contributed by atoms with Crippen LogP contribution in [-0.2, 0) is 6.54 Å². The van der Waals surface area contributed by atoms with Crippen LogP contribution in [0.1, 0.15) is 22.7 Å². The summed E-state index contributed by atoms with van der Waals surface area (Å²) in [5.41, 5.74) is 4.08. The summed E-state index contributed by atoms with van der Waals surface area (Å²) in [4.78, 5) is 8.92. The minimum atomic E-state index is -0.163. The van der Waals surface area contributed by atoms with Crippen molar-refractivity contribution in [2.75, 3.05) is 0 Å². The summed E-state index contributed by atoms with van der Waals surface area (Å²) >= 11 is 2.16. The van der Waals surface area contributed by atoms with E-state index in [1.54, 1.807) is 12.1 Å². The molecule has 0 fully saturated rings. The van der Waals surface area contributed by atoms with Crippen LogP contribution in [0.15, 0.2) is 107 Å². The van der Waals surface area contributed by atoms with Gasteiger partial charge in [-0.05, 0) is 64.3 Å². The molecule has 1 aliphatic rings. The number of hydrogen-bond acceptors (Lipinski definition) is 3. The number of allylic oxidation sites excluding steroid dienone is 6. The van der Waals surface area contributed by atoms with Gasteiger partial charge in [-0.3, -0.25) is 4.99 Å². The number of amidine groups is 1. The number of nitrogens with zero attached hydrogens (tertiary/aromatic N) is 2. The quantitative estimate of drug-likeness (QED) is 0.199. The molecule has 2 N–H and O–H groups in total. The summed E-state index contributed by atoms with van der Waals surface area (Å²) in [6, 6.07) is 13.6. The van der Waals surface area contributed by atoms with Gasteiger partial charge < -0.3 is 10.4 Å². The summed E-state index contributed by atoms with van der Waals surface area (Å²) in [7, 11) is 0. The van der Waals surface area contributed by atoms with Crippen molar-refractivity contribution in [2.24, 2.45) is 9.98 Å². The van der Waals surface area contributed by atoms with Gasteiger partial charge in [-0.15, -0.1) is 0 Å². The van der Waals surface area contributed by atoms with E-state index in [-0.39, 0.29) is 11.8 Å². The third kappa shape index (κ3) is 5.92. The topological polar surface area (TPSA) is 57.0 Å². The molecule has 2 aromatic carbocycles. The summed E-state index contributed by atoms with van der Waals surface area (Å²) in [6.45, 7) is 7.89. The van der Waals surface area contributed by atoms with E-state index in [1.807, 2.05) is 54.8 Å². The zero-order valence-corrected chi connectivity index (χ0v) is 19.2. The lowest BCUT2D eigenvalue weighted by molar-refractivity contribution is 0.469. The number of halogens is 1. The molecule has 0 amide bonds. The maximum absolute atomic E-state index is 10.1. The third-order valence-corrected chi connectivity index (χ3v) is 5.89. The molecule has 2 aromatic rings. The zero-order valence-electron chi connectivity index (χ0n) is 17.1. The molecule has 5 heteroatoms. The number of aromatic hydroxyl groups is 1. The number of phenolic OH excluding ortho intramolecular Hbond substituents is 1. The number of benzene rings is 2. The Bertz CT molecular complexity index is 1090. The van der Waals surface area contributed by atoms with Crippen LogP contribution in [0.3, 0.4) is 0 Å². The van der Waals surface area contributed by atoms with E-state index in [2.05, 4.69) is 70.5 Å². The van der Waals surface area contributed by atoms with E-state index < -0.39 is 0 Å². The molecule has 0 radical (unpaired) electrons. The second-order valence-electron chi connectivity index (χ2n) is 6.78. The monoisotopic (exact) mass is 521 g/mol. The number of dihydropyridines is 1. The number of rotatable bonds is 7. The highest BCUT2D eigenvalue weighted by Gasteiger charge is 2.24. The van der Waals surface area contributed by atoms with Crippen molar-refractivity contribution in [1.82, 2.24) is 5.32 Å². The van der Waals surface area contributed by atoms with E-state index in [0.717, 1.165) is 25.8 Å². The molecule has 0 bridgehead atoms. The molecule has 1 atom stereocenters. The highest BCUT2D eigenvalue weighted by Crippen LogP contribution is 2.33. The second-order valence-corrected chi connectivity index (χ2v) is 7.86. The number of phenols is 1. The molecule has 4 nitrogen and oxygen atoms in total. The van der Waals surface area contributed by atoms with Crippen molar-refractivity contribution in [1.29, 1.82) is 0 Å². The maximum atomic E-state index is 10.1. The van der Waals surface area contributed by atoms with Crippen LogP contribution < -0.4 is 5.32 Å². The van der Waals surface area contributed by atoms with Gasteiger partial charge in [0.2, 0.25) is 0 Å². The van der Waals surface area contributed by atoms with Gasteiger partial charge in [-0.25, -0.2) is 4.99 Å². The van der Waals surface area contributed by atoms with Gasteiger partial charge in [0, 0.05) is 5.57 Å². The molecule has 3 rings (SSSR count). The Kier molecular flexibility index (Phi) is 8.18. The fraction of sp³-hybridized carbons (Fsp3) is 0.0769. The molecule has 1 unspecified atom stereocenters. The Morgan fingerprint density at radius 2 is 1.94 bits per heavy atom. The zero-order chi connectivity index (χ0) is 22.1. The molecule has 0 spiro atoms. The van der Waals surface area contributed by atoms with Crippen molar-refractivity contribution in [3.05, 3.63) is 118 Å². The van der Waals surface area contributed by atoms with Crippen molar-refractivity contribution in [3.63, 3.8) is 0 Å². The van der Waals surface area contributed by atoms with Gasteiger partial charge in [-0.2, -0.15) is 0 Å². The lowest BCUT2D eigenvalue weighted by atomic mass is 9.95. The first-order valence-corrected chi connectivity index (χ1v) is 10.9. The normalized spacial score (nSPS) is 16.4. The number of hydrogen-bond donors (Lipinski definition) is 2.